The molecule has 2 N–H and O–H groups in total. The average molecular weight is 565 g/mol. The van der Waals surface area contributed by atoms with E-state index in [-0.39, 0.29) is 24.0 Å². The van der Waals surface area contributed by atoms with Crippen molar-refractivity contribution in [3.05, 3.63) is 113 Å². The van der Waals surface area contributed by atoms with Gasteiger partial charge in [-0.15, -0.1) is 0 Å². The van der Waals surface area contributed by atoms with Crippen LogP contribution in [0.3, 0.4) is 0 Å². The zero-order valence-corrected chi connectivity index (χ0v) is 23.3. The number of benzene rings is 3. The lowest BCUT2D eigenvalue weighted by Gasteiger charge is -2.17. The number of methoxy groups -OCH3 is 1. The Labute approximate surface area is 234 Å². The molecule has 0 heterocycles. The fraction of sp³-hybridized carbons (Fsp3) is 0.233. The van der Waals surface area contributed by atoms with Gasteiger partial charge < -0.3 is 20.1 Å². The molecule has 3 rings (SSSR count). The number of alkyl carbamates (subject to hydrolysis) is 1. The van der Waals surface area contributed by atoms with E-state index in [0.717, 1.165) is 17.4 Å². The van der Waals surface area contributed by atoms with Crippen molar-refractivity contribution in [1.82, 2.24) is 10.6 Å². The molecule has 0 bridgehead atoms. The number of esters is 1. The largest absolute Gasteiger partial charge is 0.465 e. The van der Waals surface area contributed by atoms with Crippen LogP contribution in [0.1, 0.15) is 40.0 Å². The van der Waals surface area contributed by atoms with Crippen molar-refractivity contribution < 1.29 is 32.3 Å². The maximum absolute atomic E-state index is 12.7. The molecule has 0 radical (unpaired) electrons. The summed E-state index contributed by atoms with van der Waals surface area (Å²) in [5, 5.41) is 5.61. The van der Waals surface area contributed by atoms with Crippen LogP contribution in [0.4, 0.5) is 4.79 Å². The minimum atomic E-state index is -3.30. The molecule has 210 valence electrons. The minimum absolute atomic E-state index is 0.0916. The number of sulfone groups is 1. The molecule has 9 nitrogen and oxygen atoms in total. The summed E-state index contributed by atoms with van der Waals surface area (Å²) in [5.41, 5.74) is 2.61. The Balaban J connectivity index is 1.66. The Morgan fingerprint density at radius 2 is 1.52 bits per heavy atom. The van der Waals surface area contributed by atoms with E-state index in [1.54, 1.807) is 55.5 Å². The lowest BCUT2D eigenvalue weighted by molar-refractivity contribution is -0.123. The molecule has 40 heavy (non-hydrogen) atoms. The SMILES string of the molecule is COC(=O)c1ccc(C(/C=C/[C@@H](C)C(=O)NCc2ccc(S(C)(=O)=O)cc2)NC(=O)OCc2ccccc2)cc1. The van der Waals surface area contributed by atoms with Crippen molar-refractivity contribution in [2.24, 2.45) is 5.92 Å². The molecule has 2 amide bonds. The third kappa shape index (κ3) is 9.09. The zero-order chi connectivity index (χ0) is 29.1. The molecule has 0 saturated carbocycles. The molecule has 0 aliphatic carbocycles. The Hall–Kier alpha value is -4.44. The van der Waals surface area contributed by atoms with Crippen LogP contribution < -0.4 is 10.6 Å². The van der Waals surface area contributed by atoms with E-state index >= 15 is 0 Å². The van der Waals surface area contributed by atoms with Crippen LogP contribution in [0.2, 0.25) is 0 Å². The second-order valence-corrected chi connectivity index (χ2v) is 11.1. The van der Waals surface area contributed by atoms with E-state index in [9.17, 15) is 22.8 Å². The molecule has 0 fully saturated rings. The van der Waals surface area contributed by atoms with Crippen LogP contribution in [0, 0.1) is 5.92 Å². The van der Waals surface area contributed by atoms with Gasteiger partial charge in [0.05, 0.1) is 29.5 Å². The van der Waals surface area contributed by atoms with Gasteiger partial charge in [0.1, 0.15) is 6.61 Å². The van der Waals surface area contributed by atoms with E-state index in [4.69, 9.17) is 9.47 Å². The second kappa shape index (κ2) is 14.1. The van der Waals surface area contributed by atoms with Crippen molar-refractivity contribution in [2.75, 3.05) is 13.4 Å². The monoisotopic (exact) mass is 564 g/mol. The van der Waals surface area contributed by atoms with E-state index in [0.29, 0.717) is 11.1 Å². The van der Waals surface area contributed by atoms with E-state index < -0.39 is 33.9 Å². The Morgan fingerprint density at radius 3 is 2.12 bits per heavy atom. The van der Waals surface area contributed by atoms with Crippen LogP contribution in [0.15, 0.2) is 95.9 Å². The van der Waals surface area contributed by atoms with Gasteiger partial charge in [-0.3, -0.25) is 4.79 Å². The minimum Gasteiger partial charge on any atom is -0.465 e. The normalized spacial score (nSPS) is 12.8. The van der Waals surface area contributed by atoms with Crippen molar-refractivity contribution in [1.29, 1.82) is 0 Å². The highest BCUT2D eigenvalue weighted by atomic mass is 32.2. The molecular weight excluding hydrogens is 532 g/mol. The van der Waals surface area contributed by atoms with Crippen LogP contribution in [0.25, 0.3) is 0 Å². The molecule has 10 heteroatoms. The number of rotatable bonds is 11. The molecule has 2 atom stereocenters. The van der Waals surface area contributed by atoms with Gasteiger partial charge in [0.2, 0.25) is 5.91 Å². The quantitative estimate of drug-likeness (QED) is 0.262. The first-order valence-electron chi connectivity index (χ1n) is 12.5. The number of ether oxygens (including phenoxy) is 2. The van der Waals surface area contributed by atoms with Gasteiger partial charge in [0.15, 0.2) is 9.84 Å². The van der Waals surface area contributed by atoms with Gasteiger partial charge in [-0.05, 0) is 41.0 Å². The number of nitrogens with one attached hydrogen (secondary N) is 2. The van der Waals surface area contributed by atoms with Crippen molar-refractivity contribution in [3.63, 3.8) is 0 Å². The molecule has 0 spiro atoms. The number of carbonyl (C=O) groups is 3. The van der Waals surface area contributed by atoms with Gasteiger partial charge in [-0.2, -0.15) is 0 Å². The molecule has 0 aromatic heterocycles. The first-order valence-corrected chi connectivity index (χ1v) is 14.4. The Morgan fingerprint density at radius 1 is 0.875 bits per heavy atom. The highest BCUT2D eigenvalue weighted by molar-refractivity contribution is 7.90. The van der Waals surface area contributed by atoms with Gasteiger partial charge in [0.25, 0.3) is 0 Å². The Bertz CT molecular complexity index is 1440. The standard InChI is InChI=1S/C30H32N2O7S/c1-21(28(33)31-19-22-10-16-26(17-11-22)40(3,36)37)9-18-27(24-12-14-25(15-13-24)29(34)38-2)32-30(35)39-20-23-7-5-4-6-8-23/h4-18,21,27H,19-20H2,1-3H3,(H,31,33)(H,32,35)/b18-9+/t21-,27?/m1/s1. The molecular formula is C30H32N2O7S. The van der Waals surface area contributed by atoms with Crippen molar-refractivity contribution in [3.8, 4) is 0 Å². The molecule has 0 aliphatic rings. The fourth-order valence-corrected chi connectivity index (χ4v) is 4.28. The summed E-state index contributed by atoms with van der Waals surface area (Å²) in [7, 11) is -2.00. The highest BCUT2D eigenvalue weighted by Crippen LogP contribution is 2.18. The zero-order valence-electron chi connectivity index (χ0n) is 22.5. The number of hydrogen-bond acceptors (Lipinski definition) is 7. The smallest absolute Gasteiger partial charge is 0.408 e. The summed E-state index contributed by atoms with van der Waals surface area (Å²) >= 11 is 0. The topological polar surface area (TPSA) is 128 Å². The predicted octanol–water partition coefficient (Wildman–Crippen LogP) is 4.35. The molecule has 1 unspecified atom stereocenters. The molecule has 0 saturated heterocycles. The maximum Gasteiger partial charge on any atom is 0.408 e. The van der Waals surface area contributed by atoms with Crippen LogP contribution in [0.5, 0.6) is 0 Å². The molecule has 3 aromatic carbocycles. The fourth-order valence-electron chi connectivity index (χ4n) is 3.65. The van der Waals surface area contributed by atoms with Crippen molar-refractivity contribution in [2.45, 2.75) is 31.0 Å². The number of carbonyl (C=O) groups excluding carboxylic acids is 3. The van der Waals surface area contributed by atoms with Crippen LogP contribution in [-0.2, 0) is 37.3 Å². The van der Waals surface area contributed by atoms with E-state index in [1.807, 2.05) is 30.3 Å². The summed E-state index contributed by atoms with van der Waals surface area (Å²) in [4.78, 5) is 37.3. The van der Waals surface area contributed by atoms with Crippen molar-refractivity contribution >= 4 is 27.8 Å². The average Bonchev–Trinajstić information content (AvgIpc) is 2.96. The lowest BCUT2D eigenvalue weighted by atomic mass is 10.0. The van der Waals surface area contributed by atoms with Gasteiger partial charge >= 0.3 is 12.1 Å². The first kappa shape index (κ1) is 30.1. The lowest BCUT2D eigenvalue weighted by Crippen LogP contribution is -2.29. The summed E-state index contributed by atoms with van der Waals surface area (Å²) in [6.07, 6.45) is 3.84. The maximum atomic E-state index is 12.7. The van der Waals surface area contributed by atoms with E-state index in [1.165, 1.54) is 19.2 Å². The summed E-state index contributed by atoms with van der Waals surface area (Å²) in [6.45, 7) is 2.03. The Kier molecular flexibility index (Phi) is 10.6. The van der Waals surface area contributed by atoms with Crippen LogP contribution >= 0.6 is 0 Å². The molecule has 0 aliphatic heterocycles. The predicted molar refractivity (Wildman–Crippen MR) is 150 cm³/mol. The first-order chi connectivity index (χ1) is 19.1. The number of hydrogen-bond donors (Lipinski definition) is 2. The van der Waals surface area contributed by atoms with Crippen LogP contribution in [-0.4, -0.2) is 39.8 Å². The van der Waals surface area contributed by atoms with Gasteiger partial charge in [-0.25, -0.2) is 18.0 Å². The number of amides is 2. The second-order valence-electron chi connectivity index (χ2n) is 9.10. The van der Waals surface area contributed by atoms with E-state index in [2.05, 4.69) is 10.6 Å². The summed E-state index contributed by atoms with van der Waals surface area (Å²) in [5.74, 6) is -1.28. The van der Waals surface area contributed by atoms with Gasteiger partial charge in [-0.1, -0.05) is 73.7 Å². The molecule has 3 aromatic rings. The summed E-state index contributed by atoms with van der Waals surface area (Å²) < 4.78 is 33.3. The highest BCUT2D eigenvalue weighted by Gasteiger charge is 2.16. The third-order valence-electron chi connectivity index (χ3n) is 6.00. The third-order valence-corrected chi connectivity index (χ3v) is 7.13. The van der Waals surface area contributed by atoms with Gasteiger partial charge in [0, 0.05) is 12.8 Å². The summed E-state index contributed by atoms with van der Waals surface area (Å²) in [6, 6.07) is 21.4.